The lowest BCUT2D eigenvalue weighted by atomic mass is 10.0. The van der Waals surface area contributed by atoms with Crippen molar-refractivity contribution in [1.29, 1.82) is 0 Å². The smallest absolute Gasteiger partial charge is 0.140 e. The summed E-state index contributed by atoms with van der Waals surface area (Å²) in [5, 5.41) is 2.32. The van der Waals surface area contributed by atoms with Crippen LogP contribution in [0.5, 0.6) is 5.75 Å². The molecule has 0 aliphatic carbocycles. The van der Waals surface area contributed by atoms with Crippen molar-refractivity contribution in [2.24, 2.45) is 4.99 Å². The second-order valence-electron chi connectivity index (χ2n) is 5.23. The fourth-order valence-electron chi connectivity index (χ4n) is 2.37. The average molecular weight is 311 g/mol. The van der Waals surface area contributed by atoms with Crippen molar-refractivity contribution in [3.05, 3.63) is 52.9 Å². The lowest BCUT2D eigenvalue weighted by Gasteiger charge is -2.05. The van der Waals surface area contributed by atoms with Crippen molar-refractivity contribution in [2.75, 3.05) is 19.4 Å². The summed E-state index contributed by atoms with van der Waals surface area (Å²) in [6.07, 6.45) is 2.08. The molecule has 3 rings (SSSR count). The Labute approximate surface area is 134 Å². The maximum atomic E-state index is 11.1. The van der Waals surface area contributed by atoms with Crippen molar-refractivity contribution in [1.82, 2.24) is 0 Å². The van der Waals surface area contributed by atoms with E-state index in [4.69, 9.17) is 4.74 Å². The highest BCUT2D eigenvalue weighted by Gasteiger charge is 2.12. The molecule has 3 nitrogen and oxygen atoms in total. The van der Waals surface area contributed by atoms with Gasteiger partial charge in [0.1, 0.15) is 11.5 Å². The second kappa shape index (κ2) is 6.36. The van der Waals surface area contributed by atoms with Gasteiger partial charge in [0.15, 0.2) is 0 Å². The number of methoxy groups -OCH3 is 1. The molecule has 0 amide bonds. The van der Waals surface area contributed by atoms with Gasteiger partial charge in [0.25, 0.3) is 0 Å². The van der Waals surface area contributed by atoms with Gasteiger partial charge in [-0.25, -0.2) is 0 Å². The van der Waals surface area contributed by atoms with Crippen LogP contribution in [0.1, 0.15) is 12.5 Å². The minimum absolute atomic E-state index is 0.194. The van der Waals surface area contributed by atoms with Crippen LogP contribution in [0.3, 0.4) is 0 Å². The number of Topliss-reactive ketones (excluding diaryl/α,β-unsaturated/α-hetero) is 1. The molecule has 0 saturated carbocycles. The lowest BCUT2D eigenvalue weighted by Crippen LogP contribution is -1.95. The molecule has 1 aliphatic rings. The van der Waals surface area contributed by atoms with Gasteiger partial charge >= 0.3 is 0 Å². The molecule has 0 aromatic heterocycles. The first-order chi connectivity index (χ1) is 10.7. The number of ketones is 1. The number of thioether (sulfide) groups is 1. The molecule has 22 heavy (non-hydrogen) atoms. The van der Waals surface area contributed by atoms with Gasteiger partial charge in [0.2, 0.25) is 0 Å². The van der Waals surface area contributed by atoms with Crippen LogP contribution in [0.25, 0.3) is 10.8 Å². The number of hydrogen-bond donors (Lipinski definition) is 0. The van der Waals surface area contributed by atoms with Crippen LogP contribution in [-0.4, -0.2) is 30.9 Å². The maximum absolute atomic E-state index is 11.1. The maximum Gasteiger partial charge on any atom is 0.140 e. The van der Waals surface area contributed by atoms with E-state index in [1.807, 2.05) is 12.1 Å². The topological polar surface area (TPSA) is 38.7 Å². The first-order valence-electron chi connectivity index (χ1n) is 7.11. The Hall–Kier alpha value is -2.07. The number of benzene rings is 2. The van der Waals surface area contributed by atoms with Gasteiger partial charge in [0.05, 0.1) is 25.1 Å². The van der Waals surface area contributed by atoms with Gasteiger partial charge < -0.3 is 4.74 Å². The predicted octanol–water partition coefficient (Wildman–Crippen LogP) is 3.86. The zero-order chi connectivity index (χ0) is 15.5. The molecule has 0 atom stereocenters. The summed E-state index contributed by atoms with van der Waals surface area (Å²) >= 11 is 1.58. The summed E-state index contributed by atoms with van der Waals surface area (Å²) < 4.78 is 5.25. The molecular weight excluding hydrogens is 294 g/mol. The Morgan fingerprint density at radius 2 is 2.00 bits per heavy atom. The molecule has 0 fully saturated rings. The number of allylic oxidation sites excluding steroid dienone is 1. The van der Waals surface area contributed by atoms with Gasteiger partial charge in [-0.1, -0.05) is 18.2 Å². The highest BCUT2D eigenvalue weighted by molar-refractivity contribution is 8.03. The van der Waals surface area contributed by atoms with Gasteiger partial charge in [-0.2, -0.15) is 0 Å². The first-order valence-corrected chi connectivity index (χ1v) is 8.10. The molecule has 1 aliphatic heterocycles. The van der Waals surface area contributed by atoms with Crippen molar-refractivity contribution in [3.63, 3.8) is 0 Å². The van der Waals surface area contributed by atoms with E-state index in [9.17, 15) is 4.79 Å². The Kier molecular flexibility index (Phi) is 4.29. The average Bonchev–Trinajstić information content (AvgIpc) is 3.01. The van der Waals surface area contributed by atoms with E-state index < -0.39 is 0 Å². The number of ether oxygens (including phenoxy) is 1. The monoisotopic (exact) mass is 311 g/mol. The van der Waals surface area contributed by atoms with Crippen LogP contribution >= 0.6 is 11.8 Å². The molecule has 2 aromatic rings. The molecule has 112 valence electrons. The van der Waals surface area contributed by atoms with E-state index >= 15 is 0 Å². The SMILES string of the molecule is COc1ccc2cc(C3=NCC(SCC(C)=O)=C3)ccc2c1. The van der Waals surface area contributed by atoms with Crippen LogP contribution in [0.4, 0.5) is 0 Å². The van der Waals surface area contributed by atoms with Crippen molar-refractivity contribution >= 4 is 34.0 Å². The van der Waals surface area contributed by atoms with Crippen LogP contribution in [0.2, 0.25) is 0 Å². The number of aliphatic imine (C=N–C) groups is 1. The Bertz CT molecular complexity index is 793. The van der Waals surface area contributed by atoms with Gasteiger partial charge in [-0.3, -0.25) is 9.79 Å². The third-order valence-corrected chi connectivity index (χ3v) is 4.68. The van der Waals surface area contributed by atoms with E-state index in [0.717, 1.165) is 27.3 Å². The van der Waals surface area contributed by atoms with Gasteiger partial charge in [-0.05, 0) is 42.0 Å². The summed E-state index contributed by atoms with van der Waals surface area (Å²) in [6, 6.07) is 12.4. The molecule has 4 heteroatoms. The minimum Gasteiger partial charge on any atom is -0.497 e. The van der Waals surface area contributed by atoms with Crippen LogP contribution in [-0.2, 0) is 4.79 Å². The largest absolute Gasteiger partial charge is 0.497 e. The highest BCUT2D eigenvalue weighted by Crippen LogP contribution is 2.26. The van der Waals surface area contributed by atoms with E-state index in [0.29, 0.717) is 12.3 Å². The van der Waals surface area contributed by atoms with E-state index in [1.165, 1.54) is 5.39 Å². The number of hydrogen-bond acceptors (Lipinski definition) is 4. The molecule has 0 unspecified atom stereocenters. The van der Waals surface area contributed by atoms with Crippen molar-refractivity contribution in [2.45, 2.75) is 6.92 Å². The first kappa shape index (κ1) is 14.9. The molecule has 0 N–H and O–H groups in total. The van der Waals surface area contributed by atoms with Crippen LogP contribution in [0, 0.1) is 0 Å². The summed E-state index contributed by atoms with van der Waals surface area (Å²) in [7, 11) is 1.67. The molecule has 0 spiro atoms. The second-order valence-corrected chi connectivity index (χ2v) is 6.33. The molecule has 0 bridgehead atoms. The fourth-order valence-corrected chi connectivity index (χ4v) is 3.11. The third kappa shape index (κ3) is 3.22. The Morgan fingerprint density at radius 3 is 2.77 bits per heavy atom. The van der Waals surface area contributed by atoms with Crippen molar-refractivity contribution < 1.29 is 9.53 Å². The van der Waals surface area contributed by atoms with E-state index in [2.05, 4.69) is 35.3 Å². The zero-order valence-electron chi connectivity index (χ0n) is 12.6. The zero-order valence-corrected chi connectivity index (χ0v) is 13.4. The van der Waals surface area contributed by atoms with E-state index in [1.54, 1.807) is 25.8 Å². The normalized spacial score (nSPS) is 13.9. The standard InChI is InChI=1S/C18H17NO2S/c1-12(20)11-22-17-9-18(19-10-17)15-4-3-14-8-16(21-2)6-5-13(14)7-15/h3-9H,10-11H2,1-2H3. The number of carbonyl (C=O) groups is 1. The molecule has 2 aromatic carbocycles. The summed E-state index contributed by atoms with van der Waals surface area (Å²) in [5.41, 5.74) is 2.10. The molecule has 0 saturated heterocycles. The third-order valence-electron chi connectivity index (χ3n) is 3.51. The van der Waals surface area contributed by atoms with Crippen LogP contribution < -0.4 is 4.74 Å². The van der Waals surface area contributed by atoms with Gasteiger partial charge in [-0.15, -0.1) is 11.8 Å². The fraction of sp³-hybridized carbons (Fsp3) is 0.222. The number of rotatable bonds is 5. The van der Waals surface area contributed by atoms with E-state index in [-0.39, 0.29) is 5.78 Å². The highest BCUT2D eigenvalue weighted by atomic mass is 32.2. The number of nitrogens with zero attached hydrogens (tertiary/aromatic N) is 1. The van der Waals surface area contributed by atoms with Crippen LogP contribution in [0.15, 0.2) is 52.4 Å². The quantitative estimate of drug-likeness (QED) is 0.841. The molecular formula is C18H17NO2S. The Balaban J connectivity index is 1.83. The summed E-state index contributed by atoms with van der Waals surface area (Å²) in [6.45, 7) is 2.29. The predicted molar refractivity (Wildman–Crippen MR) is 93.1 cm³/mol. The Morgan fingerprint density at radius 1 is 1.23 bits per heavy atom. The van der Waals surface area contributed by atoms with Gasteiger partial charge in [0, 0.05) is 10.5 Å². The number of carbonyl (C=O) groups excluding carboxylic acids is 1. The molecule has 0 radical (unpaired) electrons. The number of fused-ring (bicyclic) bond motifs is 1. The lowest BCUT2D eigenvalue weighted by molar-refractivity contribution is -0.114. The minimum atomic E-state index is 0.194. The van der Waals surface area contributed by atoms with Crippen molar-refractivity contribution in [3.8, 4) is 5.75 Å². The summed E-state index contributed by atoms with van der Waals surface area (Å²) in [5.74, 6) is 1.58. The summed E-state index contributed by atoms with van der Waals surface area (Å²) in [4.78, 5) is 16.8. The molecule has 1 heterocycles.